The van der Waals surface area contributed by atoms with Crippen molar-refractivity contribution in [3.05, 3.63) is 39.7 Å². The molecule has 1 atom stereocenters. The molecule has 0 saturated carbocycles. The van der Waals surface area contributed by atoms with Crippen LogP contribution in [0.1, 0.15) is 18.0 Å². The molecule has 0 radical (unpaired) electrons. The van der Waals surface area contributed by atoms with Crippen molar-refractivity contribution in [3.8, 4) is 0 Å². The van der Waals surface area contributed by atoms with Crippen LogP contribution in [0.25, 0.3) is 0 Å². The summed E-state index contributed by atoms with van der Waals surface area (Å²) in [6.07, 6.45) is -3.42. The zero-order valence-corrected chi connectivity index (χ0v) is 9.29. The summed E-state index contributed by atoms with van der Waals surface area (Å²) in [5.41, 5.74) is 4.68. The van der Waals surface area contributed by atoms with E-state index in [0.717, 1.165) is 18.2 Å². The highest BCUT2D eigenvalue weighted by Crippen LogP contribution is 2.24. The molecule has 0 aliphatic carbocycles. The standard InChI is InChI=1S/C9H9F3N2O2.ClH/c10-7-2-1-5(14(15)16)3-6(7)8(13)4-9(11)12;/h1-3,8-9H,4,13H2;1H/t8-;/m1./s1. The number of rotatable bonds is 4. The Kier molecular flexibility index (Phi) is 5.90. The number of nitro benzene ring substituents is 1. The molecule has 4 nitrogen and oxygen atoms in total. The maximum Gasteiger partial charge on any atom is 0.269 e. The molecule has 0 heterocycles. The van der Waals surface area contributed by atoms with E-state index in [1.54, 1.807) is 0 Å². The van der Waals surface area contributed by atoms with E-state index in [0.29, 0.717) is 0 Å². The second-order valence-corrected chi connectivity index (χ2v) is 3.20. The molecule has 0 aliphatic rings. The van der Waals surface area contributed by atoms with Gasteiger partial charge in [-0.25, -0.2) is 13.2 Å². The van der Waals surface area contributed by atoms with Crippen molar-refractivity contribution in [2.75, 3.05) is 0 Å². The van der Waals surface area contributed by atoms with Gasteiger partial charge in [-0.3, -0.25) is 10.1 Å². The van der Waals surface area contributed by atoms with Gasteiger partial charge in [0.25, 0.3) is 5.69 Å². The van der Waals surface area contributed by atoms with E-state index in [2.05, 4.69) is 0 Å². The Morgan fingerprint density at radius 2 is 2.00 bits per heavy atom. The van der Waals surface area contributed by atoms with Crippen molar-refractivity contribution in [1.82, 2.24) is 0 Å². The van der Waals surface area contributed by atoms with Crippen LogP contribution in [-0.2, 0) is 0 Å². The fraction of sp³-hybridized carbons (Fsp3) is 0.333. The van der Waals surface area contributed by atoms with E-state index in [-0.39, 0.29) is 23.7 Å². The van der Waals surface area contributed by atoms with Crippen molar-refractivity contribution in [2.24, 2.45) is 5.73 Å². The topological polar surface area (TPSA) is 69.2 Å². The molecule has 0 spiro atoms. The molecule has 1 aromatic rings. The minimum Gasteiger partial charge on any atom is -0.324 e. The van der Waals surface area contributed by atoms with Crippen LogP contribution in [0.5, 0.6) is 0 Å². The van der Waals surface area contributed by atoms with Gasteiger partial charge in [0.05, 0.1) is 4.92 Å². The zero-order chi connectivity index (χ0) is 12.3. The first-order valence-corrected chi connectivity index (χ1v) is 4.39. The van der Waals surface area contributed by atoms with Crippen LogP contribution in [0.4, 0.5) is 18.9 Å². The molecule has 0 aliphatic heterocycles. The molecule has 0 saturated heterocycles. The first-order valence-electron chi connectivity index (χ1n) is 4.39. The number of benzene rings is 1. The van der Waals surface area contributed by atoms with Gasteiger partial charge in [0.1, 0.15) is 5.82 Å². The Balaban J connectivity index is 0.00000256. The van der Waals surface area contributed by atoms with Gasteiger partial charge in [0, 0.05) is 30.2 Å². The van der Waals surface area contributed by atoms with E-state index in [1.165, 1.54) is 0 Å². The van der Waals surface area contributed by atoms with Crippen molar-refractivity contribution in [1.29, 1.82) is 0 Å². The van der Waals surface area contributed by atoms with Crippen LogP contribution in [0.3, 0.4) is 0 Å². The lowest BCUT2D eigenvalue weighted by atomic mass is 10.0. The van der Waals surface area contributed by atoms with Crippen LogP contribution >= 0.6 is 12.4 Å². The van der Waals surface area contributed by atoms with Gasteiger partial charge in [-0.1, -0.05) is 0 Å². The number of halogens is 4. The van der Waals surface area contributed by atoms with Crippen LogP contribution in [0, 0.1) is 15.9 Å². The average Bonchev–Trinajstić information content (AvgIpc) is 2.16. The lowest BCUT2D eigenvalue weighted by molar-refractivity contribution is -0.385. The van der Waals surface area contributed by atoms with Gasteiger partial charge in [-0.15, -0.1) is 12.4 Å². The van der Waals surface area contributed by atoms with E-state index < -0.39 is 29.6 Å². The summed E-state index contributed by atoms with van der Waals surface area (Å²) in [6.45, 7) is 0. The van der Waals surface area contributed by atoms with Crippen molar-refractivity contribution < 1.29 is 18.1 Å². The summed E-state index contributed by atoms with van der Waals surface area (Å²) in [4.78, 5) is 9.67. The van der Waals surface area contributed by atoms with Crippen LogP contribution in [0.2, 0.25) is 0 Å². The van der Waals surface area contributed by atoms with Crippen LogP contribution in [-0.4, -0.2) is 11.3 Å². The largest absolute Gasteiger partial charge is 0.324 e. The minimum absolute atomic E-state index is 0. The highest BCUT2D eigenvalue weighted by Gasteiger charge is 2.19. The Bertz CT molecular complexity index is 404. The number of nitrogens with two attached hydrogens (primary N) is 1. The van der Waals surface area contributed by atoms with E-state index in [9.17, 15) is 23.3 Å². The summed E-state index contributed by atoms with van der Waals surface area (Å²) in [5.74, 6) is -0.821. The average molecular weight is 271 g/mol. The summed E-state index contributed by atoms with van der Waals surface area (Å²) in [7, 11) is 0. The van der Waals surface area contributed by atoms with Gasteiger partial charge >= 0.3 is 0 Å². The molecule has 96 valence electrons. The molecule has 17 heavy (non-hydrogen) atoms. The normalized spacial score (nSPS) is 12.1. The number of nitrogens with zero attached hydrogens (tertiary/aromatic N) is 1. The van der Waals surface area contributed by atoms with Gasteiger partial charge in [-0.05, 0) is 6.07 Å². The summed E-state index contributed by atoms with van der Waals surface area (Å²) in [6, 6.07) is 1.43. The first kappa shape index (κ1) is 15.7. The van der Waals surface area contributed by atoms with Gasteiger partial charge in [0.2, 0.25) is 6.43 Å². The van der Waals surface area contributed by atoms with Crippen LogP contribution in [0.15, 0.2) is 18.2 Å². The third-order valence-corrected chi connectivity index (χ3v) is 2.02. The molecule has 2 N–H and O–H groups in total. The summed E-state index contributed by atoms with van der Waals surface area (Å²) >= 11 is 0. The SMILES string of the molecule is Cl.N[C@H](CC(F)F)c1cc([N+](=O)[O-])ccc1F. The number of non-ortho nitro benzene ring substituents is 1. The highest BCUT2D eigenvalue weighted by atomic mass is 35.5. The van der Waals surface area contributed by atoms with Crippen LogP contribution < -0.4 is 5.73 Å². The second kappa shape index (κ2) is 6.41. The molecule has 0 amide bonds. The maximum absolute atomic E-state index is 13.2. The zero-order valence-electron chi connectivity index (χ0n) is 8.48. The predicted octanol–water partition coefficient (Wildman–Crippen LogP) is 2.81. The lowest BCUT2D eigenvalue weighted by Gasteiger charge is -2.11. The van der Waals surface area contributed by atoms with Gasteiger partial charge < -0.3 is 5.73 Å². The Labute approximate surface area is 101 Å². The monoisotopic (exact) mass is 270 g/mol. The smallest absolute Gasteiger partial charge is 0.269 e. The highest BCUT2D eigenvalue weighted by molar-refractivity contribution is 5.85. The van der Waals surface area contributed by atoms with Crippen molar-refractivity contribution >= 4 is 18.1 Å². The fourth-order valence-corrected chi connectivity index (χ4v) is 1.25. The second-order valence-electron chi connectivity index (χ2n) is 3.20. The number of nitro groups is 1. The molecule has 0 unspecified atom stereocenters. The third-order valence-electron chi connectivity index (χ3n) is 2.02. The Hall–Kier alpha value is -1.34. The maximum atomic E-state index is 13.2. The number of hydrogen-bond acceptors (Lipinski definition) is 3. The number of hydrogen-bond donors (Lipinski definition) is 1. The number of alkyl halides is 2. The van der Waals surface area contributed by atoms with Gasteiger partial charge in [-0.2, -0.15) is 0 Å². The molecule has 1 rings (SSSR count). The quantitative estimate of drug-likeness (QED) is 0.675. The lowest BCUT2D eigenvalue weighted by Crippen LogP contribution is -2.15. The predicted molar refractivity (Wildman–Crippen MR) is 57.9 cm³/mol. The molecular formula is C9H10ClF3N2O2. The minimum atomic E-state index is -2.69. The van der Waals surface area contributed by atoms with Gasteiger partial charge in [0.15, 0.2) is 0 Å². The third kappa shape index (κ3) is 4.20. The molecule has 0 bridgehead atoms. The fourth-order valence-electron chi connectivity index (χ4n) is 1.25. The first-order chi connectivity index (χ1) is 7.41. The van der Waals surface area contributed by atoms with E-state index in [1.807, 2.05) is 0 Å². The van der Waals surface area contributed by atoms with E-state index >= 15 is 0 Å². The Morgan fingerprint density at radius 1 is 1.41 bits per heavy atom. The molecule has 8 heteroatoms. The van der Waals surface area contributed by atoms with Crippen molar-refractivity contribution in [2.45, 2.75) is 18.9 Å². The molecular weight excluding hydrogens is 261 g/mol. The Morgan fingerprint density at radius 3 is 2.47 bits per heavy atom. The summed E-state index contributed by atoms with van der Waals surface area (Å²) < 4.78 is 37.2. The molecule has 1 aromatic carbocycles. The molecule has 0 aromatic heterocycles. The molecule has 0 fully saturated rings. The summed E-state index contributed by atoms with van der Waals surface area (Å²) in [5, 5.41) is 10.4. The van der Waals surface area contributed by atoms with E-state index in [4.69, 9.17) is 5.73 Å². The van der Waals surface area contributed by atoms with Crippen molar-refractivity contribution in [3.63, 3.8) is 0 Å².